The van der Waals surface area contributed by atoms with E-state index in [0.717, 1.165) is 30.8 Å². The second kappa shape index (κ2) is 6.83. The molecule has 2 aliphatic rings. The number of hydrogen-bond donors (Lipinski definition) is 0. The third-order valence-electron chi connectivity index (χ3n) is 6.29. The molecule has 27 heavy (non-hydrogen) atoms. The lowest BCUT2D eigenvalue weighted by Crippen LogP contribution is -2.40. The molecule has 3 atom stereocenters. The van der Waals surface area contributed by atoms with E-state index in [-0.39, 0.29) is 17.9 Å². The number of likely N-dealkylation sites (tertiary alicyclic amines) is 1. The summed E-state index contributed by atoms with van der Waals surface area (Å²) < 4.78 is 1.87. The molecular formula is C21H26N4O2. The van der Waals surface area contributed by atoms with Crippen LogP contribution in [0.15, 0.2) is 36.5 Å². The van der Waals surface area contributed by atoms with Crippen LogP contribution in [0.4, 0.5) is 0 Å². The molecule has 2 amide bonds. The average Bonchev–Trinajstić information content (AvgIpc) is 3.25. The summed E-state index contributed by atoms with van der Waals surface area (Å²) in [4.78, 5) is 33.3. The SMILES string of the molecule is CN1C[C@H]2C[C@@H](N(C)C(=O)c3cnc(-c4ccccc4)n3C)C[C@H]2CC1=O. The number of carbonyl (C=O) groups is 2. The lowest BCUT2D eigenvalue weighted by atomic mass is 9.88. The van der Waals surface area contributed by atoms with Gasteiger partial charge in [-0.25, -0.2) is 4.98 Å². The Bertz CT molecular complexity index is 860. The second-order valence-electron chi connectivity index (χ2n) is 7.93. The number of aromatic nitrogens is 2. The zero-order valence-electron chi connectivity index (χ0n) is 16.1. The number of imidazole rings is 1. The van der Waals surface area contributed by atoms with Crippen molar-refractivity contribution in [3.8, 4) is 11.4 Å². The van der Waals surface area contributed by atoms with Crippen LogP contribution in [-0.2, 0) is 11.8 Å². The topological polar surface area (TPSA) is 58.4 Å². The first-order chi connectivity index (χ1) is 13.0. The molecule has 2 heterocycles. The summed E-state index contributed by atoms with van der Waals surface area (Å²) >= 11 is 0. The van der Waals surface area contributed by atoms with Gasteiger partial charge in [0, 0.05) is 45.7 Å². The maximum Gasteiger partial charge on any atom is 0.272 e. The quantitative estimate of drug-likeness (QED) is 0.838. The molecule has 0 N–H and O–H groups in total. The van der Waals surface area contributed by atoms with Crippen LogP contribution in [0.3, 0.4) is 0 Å². The normalized spacial score (nSPS) is 24.8. The van der Waals surface area contributed by atoms with Crippen molar-refractivity contribution in [3.63, 3.8) is 0 Å². The maximum atomic E-state index is 13.1. The van der Waals surface area contributed by atoms with Crippen molar-refractivity contribution < 1.29 is 9.59 Å². The number of rotatable bonds is 3. The number of amides is 2. The van der Waals surface area contributed by atoms with Crippen molar-refractivity contribution in [3.05, 3.63) is 42.2 Å². The minimum atomic E-state index is -0.00416. The summed E-state index contributed by atoms with van der Waals surface area (Å²) in [5, 5.41) is 0. The van der Waals surface area contributed by atoms with Crippen molar-refractivity contribution in [1.29, 1.82) is 0 Å². The van der Waals surface area contributed by atoms with Crippen LogP contribution in [0.25, 0.3) is 11.4 Å². The fourth-order valence-electron chi connectivity index (χ4n) is 4.61. The van der Waals surface area contributed by atoms with E-state index in [2.05, 4.69) is 4.98 Å². The molecule has 1 aliphatic heterocycles. The van der Waals surface area contributed by atoms with E-state index < -0.39 is 0 Å². The smallest absolute Gasteiger partial charge is 0.272 e. The Morgan fingerprint density at radius 2 is 1.85 bits per heavy atom. The summed E-state index contributed by atoms with van der Waals surface area (Å²) in [5.74, 6) is 1.92. The number of piperidine rings is 1. The molecule has 2 aromatic rings. The van der Waals surface area contributed by atoms with Gasteiger partial charge >= 0.3 is 0 Å². The molecule has 6 heteroatoms. The predicted octanol–water partition coefficient (Wildman–Crippen LogP) is 2.42. The Kier molecular flexibility index (Phi) is 4.50. The highest BCUT2D eigenvalue weighted by Gasteiger charge is 2.42. The van der Waals surface area contributed by atoms with Gasteiger partial charge in [-0.2, -0.15) is 0 Å². The van der Waals surface area contributed by atoms with E-state index in [1.54, 1.807) is 6.20 Å². The Balaban J connectivity index is 1.51. The van der Waals surface area contributed by atoms with Gasteiger partial charge in [-0.1, -0.05) is 30.3 Å². The molecule has 1 saturated carbocycles. The number of hydrogen-bond acceptors (Lipinski definition) is 3. The second-order valence-corrected chi connectivity index (χ2v) is 7.93. The Morgan fingerprint density at radius 1 is 1.15 bits per heavy atom. The number of carbonyl (C=O) groups excluding carboxylic acids is 2. The number of fused-ring (bicyclic) bond motifs is 1. The van der Waals surface area contributed by atoms with E-state index in [4.69, 9.17) is 0 Å². The van der Waals surface area contributed by atoms with Gasteiger partial charge in [0.2, 0.25) is 5.91 Å². The average molecular weight is 366 g/mol. The maximum absolute atomic E-state index is 13.1. The monoisotopic (exact) mass is 366 g/mol. The molecule has 1 saturated heterocycles. The van der Waals surface area contributed by atoms with Crippen molar-refractivity contribution in [1.82, 2.24) is 19.4 Å². The first-order valence-corrected chi connectivity index (χ1v) is 9.54. The van der Waals surface area contributed by atoms with Gasteiger partial charge in [-0.15, -0.1) is 0 Å². The van der Waals surface area contributed by atoms with Gasteiger partial charge in [-0.3, -0.25) is 9.59 Å². The molecule has 1 aromatic carbocycles. The molecule has 4 rings (SSSR count). The highest BCUT2D eigenvalue weighted by atomic mass is 16.2. The van der Waals surface area contributed by atoms with Gasteiger partial charge in [0.1, 0.15) is 11.5 Å². The molecule has 6 nitrogen and oxygen atoms in total. The van der Waals surface area contributed by atoms with Crippen LogP contribution in [-0.4, -0.2) is 57.8 Å². The summed E-state index contributed by atoms with van der Waals surface area (Å²) in [6.45, 7) is 0.811. The Labute approximate surface area is 159 Å². The lowest BCUT2D eigenvalue weighted by Gasteiger charge is -2.31. The summed E-state index contributed by atoms with van der Waals surface area (Å²) in [7, 11) is 5.64. The first-order valence-electron chi connectivity index (χ1n) is 9.54. The first kappa shape index (κ1) is 17.8. The fraction of sp³-hybridized carbons (Fsp3) is 0.476. The molecular weight excluding hydrogens is 340 g/mol. The molecule has 1 aliphatic carbocycles. The molecule has 1 aromatic heterocycles. The molecule has 0 bridgehead atoms. The summed E-state index contributed by atoms with van der Waals surface area (Å²) in [6.07, 6.45) is 4.16. The Hall–Kier alpha value is -2.63. The van der Waals surface area contributed by atoms with Crippen LogP contribution in [0.1, 0.15) is 29.8 Å². The van der Waals surface area contributed by atoms with Gasteiger partial charge in [0.25, 0.3) is 5.91 Å². The minimum Gasteiger partial charge on any atom is -0.345 e. The van der Waals surface area contributed by atoms with Crippen molar-refractivity contribution in [2.75, 3.05) is 20.6 Å². The van der Waals surface area contributed by atoms with Crippen LogP contribution in [0.5, 0.6) is 0 Å². The van der Waals surface area contributed by atoms with E-state index in [1.807, 2.05) is 65.8 Å². The minimum absolute atomic E-state index is 0.00416. The lowest BCUT2D eigenvalue weighted by molar-refractivity contribution is -0.134. The standard InChI is InChI=1S/C21H26N4O2/c1-23-13-16-10-17(9-15(16)11-19(23)26)24(2)21(27)18-12-22-20(25(18)3)14-7-5-4-6-8-14/h4-8,12,15-17H,9-11,13H2,1-3H3/t15-,16+,17-/m0/s1. The molecule has 142 valence electrons. The van der Waals surface area contributed by atoms with E-state index >= 15 is 0 Å². The highest BCUT2D eigenvalue weighted by molar-refractivity contribution is 5.93. The molecule has 0 unspecified atom stereocenters. The van der Waals surface area contributed by atoms with Gasteiger partial charge in [0.15, 0.2) is 0 Å². The van der Waals surface area contributed by atoms with Crippen molar-refractivity contribution in [2.45, 2.75) is 25.3 Å². The van der Waals surface area contributed by atoms with Gasteiger partial charge < -0.3 is 14.4 Å². The van der Waals surface area contributed by atoms with Crippen LogP contribution in [0, 0.1) is 11.8 Å². The summed E-state index contributed by atoms with van der Waals surface area (Å²) in [5.41, 5.74) is 1.59. The molecule has 0 radical (unpaired) electrons. The van der Waals surface area contributed by atoms with Crippen molar-refractivity contribution in [2.24, 2.45) is 18.9 Å². The van der Waals surface area contributed by atoms with Gasteiger partial charge in [0.05, 0.1) is 6.20 Å². The number of nitrogens with zero attached hydrogens (tertiary/aromatic N) is 4. The summed E-state index contributed by atoms with van der Waals surface area (Å²) in [6, 6.07) is 10.1. The van der Waals surface area contributed by atoms with E-state index in [9.17, 15) is 9.59 Å². The third kappa shape index (κ3) is 3.13. The zero-order chi connectivity index (χ0) is 19.1. The van der Waals surface area contributed by atoms with Crippen LogP contribution >= 0.6 is 0 Å². The van der Waals surface area contributed by atoms with Gasteiger partial charge in [-0.05, 0) is 24.7 Å². The molecule has 0 spiro atoms. The third-order valence-corrected chi connectivity index (χ3v) is 6.29. The van der Waals surface area contributed by atoms with E-state index in [1.165, 1.54) is 0 Å². The molecule has 2 fully saturated rings. The highest BCUT2D eigenvalue weighted by Crippen LogP contribution is 2.40. The van der Waals surface area contributed by atoms with Crippen LogP contribution in [0.2, 0.25) is 0 Å². The zero-order valence-corrected chi connectivity index (χ0v) is 16.1. The largest absolute Gasteiger partial charge is 0.345 e. The number of benzene rings is 1. The Morgan fingerprint density at radius 3 is 2.59 bits per heavy atom. The predicted molar refractivity (Wildman–Crippen MR) is 103 cm³/mol. The van der Waals surface area contributed by atoms with Crippen LogP contribution < -0.4 is 0 Å². The fourth-order valence-corrected chi connectivity index (χ4v) is 4.61. The van der Waals surface area contributed by atoms with Crippen molar-refractivity contribution >= 4 is 11.8 Å². The van der Waals surface area contributed by atoms with E-state index in [0.29, 0.717) is 24.0 Å².